The van der Waals surface area contributed by atoms with Gasteiger partial charge in [-0.2, -0.15) is 0 Å². The molecule has 2 fully saturated rings. The van der Waals surface area contributed by atoms with Crippen LogP contribution in [0.3, 0.4) is 0 Å². The Hall–Kier alpha value is -4.90. The first kappa shape index (κ1) is 33.0. The third-order valence-electron chi connectivity index (χ3n) is 8.45. The lowest BCUT2D eigenvalue weighted by atomic mass is 10.0. The molecule has 48 heavy (non-hydrogen) atoms. The van der Waals surface area contributed by atoms with Crippen LogP contribution in [0.5, 0.6) is 0 Å². The maximum atomic E-state index is 15.2. The van der Waals surface area contributed by atoms with Gasteiger partial charge in [-0.3, -0.25) is 19.3 Å². The molecular weight excluding hydrogens is 669 g/mol. The van der Waals surface area contributed by atoms with Gasteiger partial charge in [-0.05, 0) is 30.5 Å². The quantitative estimate of drug-likeness (QED) is 0.279. The van der Waals surface area contributed by atoms with Gasteiger partial charge >= 0.3 is 18.0 Å². The lowest BCUT2D eigenvalue weighted by molar-refractivity contribution is -0.150. The van der Waals surface area contributed by atoms with Gasteiger partial charge in [-0.25, -0.2) is 18.8 Å². The summed E-state index contributed by atoms with van der Waals surface area (Å²) in [5, 5.41) is 23.2. The molecule has 3 aliphatic heterocycles. The number of nitrogens with one attached hydrogen (secondary N) is 1. The van der Waals surface area contributed by atoms with Crippen molar-refractivity contribution in [3.8, 4) is 0 Å². The Bertz CT molecular complexity index is 1920. The number of β-lactam (4-membered cyclic amide) rings is 1. The third kappa shape index (κ3) is 6.10. The van der Waals surface area contributed by atoms with Crippen LogP contribution in [-0.2, 0) is 32.1 Å². The standard InChI is InChI=1S/C31H30FN5O9S2/c1-2-34-13-19(29(41)42)26(39)18-11-20(32)22(12-21(18)34)35-5-7-36(8-6-35)31(45)46-14-16-15-48-28-24(27(40)37(28)25(16)30(43)44)33-23(38)10-17-4-3-9-47-17/h3-4,9,11-13,24,28H,2,5-8,10,14-15H2,1H3,(H,33,38)(H,41,42)(H,43,44)/t24-,28-/m1/s1. The number of carboxylic acids is 2. The van der Waals surface area contributed by atoms with Crippen LogP contribution >= 0.6 is 23.1 Å². The second-order valence-corrected chi connectivity index (χ2v) is 13.4. The van der Waals surface area contributed by atoms with E-state index < -0.39 is 52.2 Å². The molecule has 0 radical (unpaired) electrons. The number of carbonyl (C=O) groups is 5. The number of carboxylic acid groups (broad SMARTS) is 2. The molecule has 17 heteroatoms. The summed E-state index contributed by atoms with van der Waals surface area (Å²) in [5.41, 5.74) is -0.657. The summed E-state index contributed by atoms with van der Waals surface area (Å²) in [5.74, 6) is -4.16. The van der Waals surface area contributed by atoms with E-state index in [-0.39, 0.29) is 73.2 Å². The maximum Gasteiger partial charge on any atom is 0.410 e. The molecule has 0 unspecified atom stereocenters. The lowest BCUT2D eigenvalue weighted by Crippen LogP contribution is -2.70. The zero-order chi connectivity index (χ0) is 34.3. The minimum Gasteiger partial charge on any atom is -0.477 e. The molecular formula is C31H30FN5O9S2. The van der Waals surface area contributed by atoms with Crippen molar-refractivity contribution in [3.05, 3.63) is 73.6 Å². The number of aliphatic carboxylic acids is 1. The van der Waals surface area contributed by atoms with Gasteiger partial charge in [0, 0.05) is 60.5 Å². The van der Waals surface area contributed by atoms with E-state index in [2.05, 4.69) is 5.32 Å². The highest BCUT2D eigenvalue weighted by Crippen LogP contribution is 2.40. The average molecular weight is 700 g/mol. The monoisotopic (exact) mass is 699 g/mol. The molecule has 14 nitrogen and oxygen atoms in total. The van der Waals surface area contributed by atoms with Crippen molar-refractivity contribution in [1.82, 2.24) is 19.7 Å². The number of benzene rings is 1. The summed E-state index contributed by atoms with van der Waals surface area (Å²) >= 11 is 2.69. The number of thioether (sulfide) groups is 1. The number of aromatic carboxylic acids is 1. The number of piperazine rings is 1. The summed E-state index contributed by atoms with van der Waals surface area (Å²) in [7, 11) is 0. The number of halogens is 1. The number of hydrogen-bond acceptors (Lipinski definition) is 10. The van der Waals surface area contributed by atoms with Crippen LogP contribution in [0.25, 0.3) is 10.9 Å². The first-order chi connectivity index (χ1) is 23.0. The van der Waals surface area contributed by atoms with E-state index in [0.717, 1.165) is 15.8 Å². The van der Waals surface area contributed by atoms with Crippen LogP contribution in [0.1, 0.15) is 22.2 Å². The van der Waals surface area contributed by atoms with E-state index >= 15 is 4.39 Å². The fourth-order valence-corrected chi connectivity index (χ4v) is 8.05. The number of carbonyl (C=O) groups excluding carboxylic acids is 3. The summed E-state index contributed by atoms with van der Waals surface area (Å²) < 4.78 is 22.3. The minimum absolute atomic E-state index is 0.0446. The first-order valence-corrected chi connectivity index (χ1v) is 16.9. The molecule has 5 heterocycles. The Kier molecular flexibility index (Phi) is 9.15. The van der Waals surface area contributed by atoms with E-state index in [4.69, 9.17) is 4.74 Å². The van der Waals surface area contributed by atoms with Crippen molar-refractivity contribution >= 4 is 69.5 Å². The van der Waals surface area contributed by atoms with Crippen molar-refractivity contribution in [2.45, 2.75) is 31.3 Å². The van der Waals surface area contributed by atoms with Crippen LogP contribution in [0.4, 0.5) is 14.9 Å². The van der Waals surface area contributed by atoms with E-state index in [1.165, 1.54) is 40.3 Å². The fraction of sp³-hybridized carbons (Fsp3) is 0.355. The molecule has 3 aliphatic rings. The highest BCUT2D eigenvalue weighted by atomic mass is 32.2. The van der Waals surface area contributed by atoms with Crippen LogP contribution in [0.2, 0.25) is 0 Å². The zero-order valence-electron chi connectivity index (χ0n) is 25.5. The summed E-state index contributed by atoms with van der Waals surface area (Å²) in [6, 6.07) is 5.31. The Balaban J connectivity index is 1.08. The van der Waals surface area contributed by atoms with Gasteiger partial charge in [-0.15, -0.1) is 23.1 Å². The molecule has 2 saturated heterocycles. The molecule has 6 rings (SSSR count). The topological polar surface area (TPSA) is 179 Å². The van der Waals surface area contributed by atoms with Crippen LogP contribution in [-0.4, -0.2) is 104 Å². The number of aromatic nitrogens is 1. The third-order valence-corrected chi connectivity index (χ3v) is 10.7. The number of pyridine rings is 1. The van der Waals surface area contributed by atoms with Gasteiger partial charge in [0.25, 0.3) is 5.91 Å². The first-order valence-electron chi connectivity index (χ1n) is 15.0. The number of thiophene rings is 1. The Morgan fingerprint density at radius 2 is 1.83 bits per heavy atom. The normalized spacial score (nSPS) is 19.2. The molecule has 0 saturated carbocycles. The second-order valence-electron chi connectivity index (χ2n) is 11.3. The minimum atomic E-state index is -1.40. The van der Waals surface area contributed by atoms with E-state index in [0.29, 0.717) is 12.1 Å². The number of hydrogen-bond donors (Lipinski definition) is 3. The van der Waals surface area contributed by atoms with Gasteiger partial charge in [0.2, 0.25) is 11.3 Å². The maximum absolute atomic E-state index is 15.2. The molecule has 3 aromatic rings. The molecule has 2 aromatic heterocycles. The Morgan fingerprint density at radius 1 is 1.08 bits per heavy atom. The van der Waals surface area contributed by atoms with Crippen LogP contribution in [0, 0.1) is 5.82 Å². The Labute approximate surface area is 280 Å². The van der Waals surface area contributed by atoms with E-state index in [1.807, 2.05) is 17.5 Å². The van der Waals surface area contributed by atoms with Crippen molar-refractivity contribution in [2.24, 2.45) is 0 Å². The average Bonchev–Trinajstić information content (AvgIpc) is 3.58. The molecule has 1 aromatic carbocycles. The van der Waals surface area contributed by atoms with Crippen molar-refractivity contribution in [2.75, 3.05) is 43.4 Å². The fourth-order valence-electron chi connectivity index (χ4n) is 6.02. The Morgan fingerprint density at radius 3 is 2.48 bits per heavy atom. The second kappa shape index (κ2) is 13.3. The van der Waals surface area contributed by atoms with Crippen LogP contribution < -0.4 is 15.6 Å². The smallest absolute Gasteiger partial charge is 0.410 e. The number of ether oxygens (including phenoxy) is 1. The summed E-state index contributed by atoms with van der Waals surface area (Å²) in [4.78, 5) is 79.8. The number of anilines is 1. The van der Waals surface area contributed by atoms with E-state index in [1.54, 1.807) is 16.4 Å². The lowest BCUT2D eigenvalue weighted by Gasteiger charge is -2.49. The van der Waals surface area contributed by atoms with Crippen molar-refractivity contribution in [3.63, 3.8) is 0 Å². The summed E-state index contributed by atoms with van der Waals surface area (Å²) in [6.45, 7) is 2.54. The predicted octanol–water partition coefficient (Wildman–Crippen LogP) is 2.16. The molecule has 0 bridgehead atoms. The van der Waals surface area contributed by atoms with Gasteiger partial charge in [0.05, 0.1) is 17.6 Å². The van der Waals surface area contributed by atoms with Gasteiger partial charge in [-0.1, -0.05) is 6.07 Å². The predicted molar refractivity (Wildman–Crippen MR) is 174 cm³/mol. The highest BCUT2D eigenvalue weighted by molar-refractivity contribution is 8.00. The van der Waals surface area contributed by atoms with E-state index in [9.17, 15) is 39.0 Å². The van der Waals surface area contributed by atoms with Crippen LogP contribution in [0.15, 0.2) is 51.9 Å². The number of fused-ring (bicyclic) bond motifs is 2. The van der Waals surface area contributed by atoms with Crippen molar-refractivity contribution < 1.29 is 43.3 Å². The largest absolute Gasteiger partial charge is 0.477 e. The van der Waals surface area contributed by atoms with Crippen molar-refractivity contribution in [1.29, 1.82) is 0 Å². The molecule has 252 valence electrons. The SMILES string of the molecule is CCn1cc(C(=O)O)c(=O)c2cc(F)c(N3CCN(C(=O)OCC4=C(C(=O)O)N5C(=O)[C@@H](NC(=O)Cc6cccs6)[C@H]5SC4)CC3)cc21. The molecule has 3 N–H and O–H groups in total. The molecule has 0 aliphatic carbocycles. The summed E-state index contributed by atoms with van der Waals surface area (Å²) in [6.07, 6.45) is 0.650. The number of amides is 3. The van der Waals surface area contributed by atoms with Gasteiger partial charge in [0.1, 0.15) is 35.1 Å². The number of nitrogens with zero attached hydrogens (tertiary/aromatic N) is 4. The molecule has 3 amide bonds. The molecule has 0 spiro atoms. The number of aryl methyl sites for hydroxylation is 1. The highest BCUT2D eigenvalue weighted by Gasteiger charge is 2.54. The number of rotatable bonds is 9. The zero-order valence-corrected chi connectivity index (χ0v) is 27.1. The van der Waals surface area contributed by atoms with Gasteiger partial charge < -0.3 is 34.6 Å². The van der Waals surface area contributed by atoms with Gasteiger partial charge in [0.15, 0.2) is 0 Å². The molecule has 2 atom stereocenters.